The molecular formula is C22H23ClN4O4S. The van der Waals surface area contributed by atoms with Gasteiger partial charge in [-0.05, 0) is 30.7 Å². The number of rotatable bonds is 6. The first-order valence-electron chi connectivity index (χ1n) is 10.1. The summed E-state index contributed by atoms with van der Waals surface area (Å²) >= 11 is 6.24. The van der Waals surface area contributed by atoms with E-state index in [1.165, 1.54) is 22.5 Å². The SMILES string of the molecule is Cc1cccc(Cn2nccc2NC(=O)c2cc(S(=O)(=O)N3CCOCC3)ccc2Cl)c1. The van der Waals surface area contributed by atoms with Crippen molar-refractivity contribution < 1.29 is 17.9 Å². The van der Waals surface area contributed by atoms with Crippen molar-refractivity contribution in [1.82, 2.24) is 14.1 Å². The summed E-state index contributed by atoms with van der Waals surface area (Å²) in [5.41, 5.74) is 2.25. The smallest absolute Gasteiger partial charge is 0.258 e. The highest BCUT2D eigenvalue weighted by Gasteiger charge is 2.27. The van der Waals surface area contributed by atoms with Gasteiger partial charge in [-0.3, -0.25) is 4.79 Å². The Bertz CT molecular complexity index is 1240. The molecule has 1 aromatic heterocycles. The van der Waals surface area contributed by atoms with Gasteiger partial charge in [0, 0.05) is 19.2 Å². The average Bonchev–Trinajstić information content (AvgIpc) is 3.20. The molecule has 32 heavy (non-hydrogen) atoms. The standard InChI is InChI=1S/C22H23ClN4O4S/c1-16-3-2-4-17(13-16)15-27-21(7-8-24-27)25-22(28)19-14-18(5-6-20(19)23)32(29,30)26-9-11-31-12-10-26/h2-8,13-14H,9-12,15H2,1H3,(H,25,28). The molecule has 0 unspecified atom stereocenters. The number of aromatic nitrogens is 2. The van der Waals surface area contributed by atoms with Gasteiger partial charge in [-0.25, -0.2) is 13.1 Å². The summed E-state index contributed by atoms with van der Waals surface area (Å²) in [5, 5.41) is 7.23. The van der Waals surface area contributed by atoms with Crippen LogP contribution in [0.4, 0.5) is 5.82 Å². The Morgan fingerprint density at radius 3 is 2.69 bits per heavy atom. The van der Waals surface area contributed by atoms with E-state index in [1.807, 2.05) is 31.2 Å². The molecule has 1 aliphatic heterocycles. The molecule has 4 rings (SSSR count). The van der Waals surface area contributed by atoms with Crippen LogP contribution >= 0.6 is 11.6 Å². The van der Waals surface area contributed by atoms with Gasteiger partial charge in [-0.1, -0.05) is 41.4 Å². The molecule has 0 aliphatic carbocycles. The van der Waals surface area contributed by atoms with Gasteiger partial charge in [0.2, 0.25) is 10.0 Å². The van der Waals surface area contributed by atoms with Gasteiger partial charge in [0.05, 0.1) is 41.4 Å². The number of carbonyl (C=O) groups excluding carboxylic acids is 1. The minimum atomic E-state index is -3.75. The van der Waals surface area contributed by atoms with Crippen LogP contribution in [0.5, 0.6) is 0 Å². The van der Waals surface area contributed by atoms with E-state index in [1.54, 1.807) is 16.9 Å². The van der Waals surface area contributed by atoms with Gasteiger partial charge in [-0.2, -0.15) is 9.40 Å². The molecule has 168 valence electrons. The topological polar surface area (TPSA) is 93.5 Å². The van der Waals surface area contributed by atoms with Crippen molar-refractivity contribution in [1.29, 1.82) is 0 Å². The number of morpholine rings is 1. The van der Waals surface area contributed by atoms with Crippen molar-refractivity contribution in [2.45, 2.75) is 18.4 Å². The molecule has 1 fully saturated rings. The number of hydrogen-bond acceptors (Lipinski definition) is 5. The van der Waals surface area contributed by atoms with Crippen molar-refractivity contribution in [2.24, 2.45) is 0 Å². The maximum Gasteiger partial charge on any atom is 0.258 e. The van der Waals surface area contributed by atoms with E-state index in [2.05, 4.69) is 10.4 Å². The lowest BCUT2D eigenvalue weighted by molar-refractivity contribution is 0.0730. The minimum absolute atomic E-state index is 0.0159. The Hall–Kier alpha value is -2.72. The Morgan fingerprint density at radius 1 is 1.16 bits per heavy atom. The zero-order valence-corrected chi connectivity index (χ0v) is 19.1. The number of halogens is 1. The van der Waals surface area contributed by atoms with Crippen molar-refractivity contribution in [3.63, 3.8) is 0 Å². The lowest BCUT2D eigenvalue weighted by Crippen LogP contribution is -2.40. The van der Waals surface area contributed by atoms with Crippen LogP contribution in [0.25, 0.3) is 0 Å². The summed E-state index contributed by atoms with van der Waals surface area (Å²) in [7, 11) is -3.75. The Kier molecular flexibility index (Phi) is 6.61. The van der Waals surface area contributed by atoms with E-state index in [9.17, 15) is 13.2 Å². The van der Waals surface area contributed by atoms with E-state index in [0.29, 0.717) is 25.6 Å². The predicted octanol–water partition coefficient (Wildman–Crippen LogP) is 3.17. The van der Waals surface area contributed by atoms with Crippen LogP contribution in [-0.4, -0.2) is 54.7 Å². The third kappa shape index (κ3) is 4.86. The van der Waals surface area contributed by atoms with Gasteiger partial charge in [0.25, 0.3) is 5.91 Å². The molecule has 0 bridgehead atoms. The quantitative estimate of drug-likeness (QED) is 0.592. The maximum absolute atomic E-state index is 13.0. The van der Waals surface area contributed by atoms with Crippen LogP contribution < -0.4 is 5.32 Å². The third-order valence-electron chi connectivity index (χ3n) is 5.16. The number of sulfonamides is 1. The van der Waals surface area contributed by atoms with Crippen LogP contribution in [0.15, 0.2) is 59.6 Å². The van der Waals surface area contributed by atoms with E-state index in [-0.39, 0.29) is 28.6 Å². The Balaban J connectivity index is 1.56. The van der Waals surface area contributed by atoms with E-state index in [4.69, 9.17) is 16.3 Å². The molecule has 10 heteroatoms. The third-order valence-corrected chi connectivity index (χ3v) is 7.39. The van der Waals surface area contributed by atoms with Crippen LogP contribution in [0.3, 0.4) is 0 Å². The largest absolute Gasteiger partial charge is 0.379 e. The highest BCUT2D eigenvalue weighted by atomic mass is 35.5. The van der Waals surface area contributed by atoms with E-state index < -0.39 is 15.9 Å². The number of aryl methyl sites for hydroxylation is 1. The second-order valence-corrected chi connectivity index (χ2v) is 9.82. The molecule has 0 atom stereocenters. The first-order valence-corrected chi connectivity index (χ1v) is 11.9. The second kappa shape index (κ2) is 9.41. The minimum Gasteiger partial charge on any atom is -0.379 e. The zero-order chi connectivity index (χ0) is 22.7. The van der Waals surface area contributed by atoms with Crippen molar-refractivity contribution in [3.8, 4) is 0 Å². The first kappa shape index (κ1) is 22.5. The number of amides is 1. The number of ether oxygens (including phenoxy) is 1. The summed E-state index contributed by atoms with van der Waals surface area (Å²) in [6.45, 7) is 3.70. The summed E-state index contributed by atoms with van der Waals surface area (Å²) in [5.74, 6) is -0.0333. The molecule has 0 radical (unpaired) electrons. The first-order chi connectivity index (χ1) is 15.3. The summed E-state index contributed by atoms with van der Waals surface area (Å²) in [6.07, 6.45) is 1.59. The Labute approximate surface area is 191 Å². The van der Waals surface area contributed by atoms with E-state index in [0.717, 1.165) is 11.1 Å². The normalized spacial score (nSPS) is 14.9. The fourth-order valence-electron chi connectivity index (χ4n) is 3.51. The predicted molar refractivity (Wildman–Crippen MR) is 121 cm³/mol. The zero-order valence-electron chi connectivity index (χ0n) is 17.5. The van der Waals surface area contributed by atoms with Crippen LogP contribution in [0.2, 0.25) is 5.02 Å². The van der Waals surface area contributed by atoms with Gasteiger partial charge in [0.1, 0.15) is 5.82 Å². The monoisotopic (exact) mass is 474 g/mol. The van der Waals surface area contributed by atoms with E-state index >= 15 is 0 Å². The van der Waals surface area contributed by atoms with Crippen molar-refractivity contribution in [2.75, 3.05) is 31.6 Å². The lowest BCUT2D eigenvalue weighted by Gasteiger charge is -2.26. The molecule has 1 amide bonds. The number of hydrogen-bond donors (Lipinski definition) is 1. The number of nitrogens with one attached hydrogen (secondary N) is 1. The highest BCUT2D eigenvalue weighted by molar-refractivity contribution is 7.89. The number of carbonyl (C=O) groups is 1. The fraction of sp³-hybridized carbons (Fsp3) is 0.273. The summed E-state index contributed by atoms with van der Waals surface area (Å²) in [4.78, 5) is 13.0. The average molecular weight is 475 g/mol. The second-order valence-electron chi connectivity index (χ2n) is 7.48. The molecular weight excluding hydrogens is 452 g/mol. The molecule has 1 N–H and O–H groups in total. The van der Waals surface area contributed by atoms with Gasteiger partial charge >= 0.3 is 0 Å². The molecule has 2 heterocycles. The number of nitrogens with zero attached hydrogens (tertiary/aromatic N) is 3. The molecule has 2 aromatic carbocycles. The molecule has 3 aromatic rings. The van der Waals surface area contributed by atoms with Crippen molar-refractivity contribution >= 4 is 33.3 Å². The highest BCUT2D eigenvalue weighted by Crippen LogP contribution is 2.25. The van der Waals surface area contributed by atoms with Gasteiger partial charge in [0.15, 0.2) is 0 Å². The molecule has 0 saturated carbocycles. The molecule has 1 saturated heterocycles. The van der Waals surface area contributed by atoms with Crippen LogP contribution in [-0.2, 0) is 21.3 Å². The molecule has 8 nitrogen and oxygen atoms in total. The van der Waals surface area contributed by atoms with Crippen LogP contribution in [0, 0.1) is 6.92 Å². The molecule has 0 spiro atoms. The van der Waals surface area contributed by atoms with Gasteiger partial charge < -0.3 is 10.1 Å². The lowest BCUT2D eigenvalue weighted by atomic mass is 10.1. The summed E-state index contributed by atoms with van der Waals surface area (Å²) < 4.78 is 34.2. The van der Waals surface area contributed by atoms with Crippen molar-refractivity contribution in [3.05, 3.63) is 76.4 Å². The van der Waals surface area contributed by atoms with Gasteiger partial charge in [-0.15, -0.1) is 0 Å². The fourth-order valence-corrected chi connectivity index (χ4v) is 5.14. The van der Waals surface area contributed by atoms with Crippen LogP contribution in [0.1, 0.15) is 21.5 Å². The Morgan fingerprint density at radius 2 is 1.94 bits per heavy atom. The maximum atomic E-state index is 13.0. The molecule has 1 aliphatic rings. The summed E-state index contributed by atoms with van der Waals surface area (Å²) in [6, 6.07) is 13.8. The number of benzene rings is 2. The number of anilines is 1.